The van der Waals surface area contributed by atoms with Crippen LogP contribution in [0.15, 0.2) is 24.3 Å². The Hall–Kier alpha value is 0.0996. The van der Waals surface area contributed by atoms with Gasteiger partial charge >= 0.3 is 67.6 Å². The number of rotatable bonds is 1. The second kappa shape index (κ2) is 3.31. The first-order valence-corrected chi connectivity index (χ1v) is 3.92. The predicted molar refractivity (Wildman–Crippen MR) is 39.8 cm³/mol. The third-order valence-electron chi connectivity index (χ3n) is 1.17. The first-order valence-electron chi connectivity index (χ1n) is 2.76. The summed E-state index contributed by atoms with van der Waals surface area (Å²) < 4.78 is 6.34. The minimum absolute atomic E-state index is 0.190. The van der Waals surface area contributed by atoms with Gasteiger partial charge < -0.3 is 0 Å². The molecular weight excluding hydrogens is 228 g/mol. The van der Waals surface area contributed by atoms with Gasteiger partial charge in [-0.1, -0.05) is 0 Å². The van der Waals surface area contributed by atoms with Gasteiger partial charge in [0, 0.05) is 0 Å². The van der Waals surface area contributed by atoms with Crippen LogP contribution in [0.25, 0.3) is 0 Å². The molecule has 1 nitrogen and oxygen atoms in total. The Labute approximate surface area is 67.8 Å². The standard InChI is InChI=1S/C7H8OTe/c1-8-6-2-4-7(9)5-3-6/h2-6H,1H3. The van der Waals surface area contributed by atoms with Crippen LogP contribution in [0.5, 0.6) is 0 Å². The fourth-order valence-corrected chi connectivity index (χ4v) is 1.10. The molecule has 0 amide bonds. The van der Waals surface area contributed by atoms with Crippen LogP contribution in [-0.2, 0) is 4.74 Å². The second-order valence-corrected chi connectivity index (χ2v) is 3.17. The Bertz CT molecular complexity index is 154. The van der Waals surface area contributed by atoms with Gasteiger partial charge in [0.05, 0.1) is 0 Å². The van der Waals surface area contributed by atoms with E-state index in [0.29, 0.717) is 0 Å². The summed E-state index contributed by atoms with van der Waals surface area (Å²) in [5.74, 6) is 0. The number of ether oxygens (including phenoxy) is 1. The first kappa shape index (κ1) is 7.21. The zero-order valence-corrected chi connectivity index (χ0v) is 7.53. The van der Waals surface area contributed by atoms with Gasteiger partial charge in [0.15, 0.2) is 0 Å². The van der Waals surface area contributed by atoms with Crippen LogP contribution in [0.4, 0.5) is 0 Å². The summed E-state index contributed by atoms with van der Waals surface area (Å²) in [4.78, 5) is 0. The number of methoxy groups -OCH3 is 1. The summed E-state index contributed by atoms with van der Waals surface area (Å²) in [7, 11) is 1.71. The van der Waals surface area contributed by atoms with E-state index in [1.807, 2.05) is 34.0 Å². The summed E-state index contributed by atoms with van der Waals surface area (Å²) in [5.41, 5.74) is 0. The van der Waals surface area contributed by atoms with Gasteiger partial charge in [-0.2, -0.15) is 0 Å². The van der Waals surface area contributed by atoms with Crippen LogP contribution in [0.3, 0.4) is 0 Å². The molecular formula is C7H8OTe. The van der Waals surface area contributed by atoms with Gasteiger partial charge in [0.25, 0.3) is 0 Å². The predicted octanol–water partition coefficient (Wildman–Crippen LogP) is 0.468. The monoisotopic (exact) mass is 238 g/mol. The fourth-order valence-electron chi connectivity index (χ4n) is 0.656. The van der Waals surface area contributed by atoms with Crippen molar-refractivity contribution in [1.82, 2.24) is 0 Å². The van der Waals surface area contributed by atoms with E-state index in [0.717, 1.165) is 0 Å². The Kier molecular flexibility index (Phi) is 2.65. The van der Waals surface area contributed by atoms with E-state index in [1.54, 1.807) is 7.11 Å². The average molecular weight is 236 g/mol. The maximum absolute atomic E-state index is 5.05. The molecule has 0 heterocycles. The van der Waals surface area contributed by atoms with Crippen molar-refractivity contribution in [2.45, 2.75) is 6.10 Å². The summed E-state index contributed by atoms with van der Waals surface area (Å²) in [6.45, 7) is 0. The molecule has 0 saturated heterocycles. The van der Waals surface area contributed by atoms with Crippen LogP contribution in [0, 0.1) is 0 Å². The van der Waals surface area contributed by atoms with Crippen molar-refractivity contribution in [3.05, 3.63) is 24.3 Å². The van der Waals surface area contributed by atoms with E-state index >= 15 is 0 Å². The van der Waals surface area contributed by atoms with E-state index in [-0.39, 0.29) is 6.10 Å². The molecule has 0 saturated carbocycles. The van der Waals surface area contributed by atoms with Crippen LogP contribution >= 0.6 is 0 Å². The van der Waals surface area contributed by atoms with Crippen molar-refractivity contribution >= 4 is 25.4 Å². The third-order valence-corrected chi connectivity index (χ3v) is 1.95. The van der Waals surface area contributed by atoms with Crippen LogP contribution in [0.2, 0.25) is 0 Å². The van der Waals surface area contributed by atoms with E-state index in [1.165, 1.54) is 3.55 Å². The molecule has 2 heteroatoms. The van der Waals surface area contributed by atoms with Crippen molar-refractivity contribution in [3.8, 4) is 0 Å². The average Bonchev–Trinajstić information content (AvgIpc) is 1.90. The zero-order chi connectivity index (χ0) is 6.69. The molecule has 1 aliphatic rings. The normalized spacial score (nSPS) is 19.0. The van der Waals surface area contributed by atoms with E-state index < -0.39 is 0 Å². The van der Waals surface area contributed by atoms with Crippen molar-refractivity contribution in [2.75, 3.05) is 7.11 Å². The minimum atomic E-state index is 0.190. The molecule has 9 heavy (non-hydrogen) atoms. The molecule has 48 valence electrons. The first-order chi connectivity index (χ1) is 4.33. The molecule has 1 aliphatic carbocycles. The third kappa shape index (κ3) is 2.06. The molecule has 0 bridgehead atoms. The second-order valence-electron chi connectivity index (χ2n) is 1.82. The Morgan fingerprint density at radius 1 is 1.44 bits per heavy atom. The van der Waals surface area contributed by atoms with Gasteiger partial charge in [-0.3, -0.25) is 0 Å². The molecule has 0 atom stereocenters. The zero-order valence-electron chi connectivity index (χ0n) is 5.20. The Balaban J connectivity index is 2.58. The Morgan fingerprint density at radius 2 is 2.00 bits per heavy atom. The fraction of sp³-hybridized carbons (Fsp3) is 0.286. The van der Waals surface area contributed by atoms with E-state index in [9.17, 15) is 0 Å². The molecule has 0 aliphatic heterocycles. The van der Waals surface area contributed by atoms with Crippen LogP contribution in [-0.4, -0.2) is 38.6 Å². The van der Waals surface area contributed by atoms with Crippen molar-refractivity contribution < 1.29 is 4.74 Å². The molecule has 0 aromatic carbocycles. The molecule has 1 rings (SSSR count). The maximum atomic E-state index is 5.05. The number of allylic oxidation sites excluding steroid dienone is 2. The van der Waals surface area contributed by atoms with Gasteiger partial charge in [0.1, 0.15) is 0 Å². The quantitative estimate of drug-likeness (QED) is 0.601. The van der Waals surface area contributed by atoms with Gasteiger partial charge in [0.2, 0.25) is 0 Å². The van der Waals surface area contributed by atoms with Crippen molar-refractivity contribution in [1.29, 1.82) is 0 Å². The number of hydrogen-bond acceptors (Lipinski definition) is 1. The van der Waals surface area contributed by atoms with Crippen molar-refractivity contribution in [3.63, 3.8) is 0 Å². The van der Waals surface area contributed by atoms with Gasteiger partial charge in [-0.25, -0.2) is 0 Å². The molecule has 0 fully saturated rings. The summed E-state index contributed by atoms with van der Waals surface area (Å²) in [6.07, 6.45) is 8.41. The van der Waals surface area contributed by atoms with Gasteiger partial charge in [-0.15, -0.1) is 0 Å². The topological polar surface area (TPSA) is 9.23 Å². The molecule has 0 aromatic heterocycles. The Morgan fingerprint density at radius 3 is 2.44 bits per heavy atom. The molecule has 0 radical (unpaired) electrons. The summed E-state index contributed by atoms with van der Waals surface area (Å²) in [5, 5.41) is 0. The SMILES string of the molecule is COC1C=CC(=[Te])C=C1. The van der Waals surface area contributed by atoms with E-state index in [4.69, 9.17) is 4.74 Å². The van der Waals surface area contributed by atoms with Gasteiger partial charge in [-0.05, 0) is 0 Å². The van der Waals surface area contributed by atoms with E-state index in [2.05, 4.69) is 12.2 Å². The molecule has 0 aromatic rings. The van der Waals surface area contributed by atoms with Crippen LogP contribution in [0.1, 0.15) is 0 Å². The van der Waals surface area contributed by atoms with Crippen molar-refractivity contribution in [2.24, 2.45) is 0 Å². The molecule has 0 spiro atoms. The number of hydrogen-bond donors (Lipinski definition) is 0. The summed E-state index contributed by atoms with van der Waals surface area (Å²) in [6, 6.07) is 0. The summed E-state index contributed by atoms with van der Waals surface area (Å²) >= 11 is 2.00. The molecule has 0 unspecified atom stereocenters. The molecule has 0 N–H and O–H groups in total. The van der Waals surface area contributed by atoms with Crippen LogP contribution < -0.4 is 0 Å².